The van der Waals surface area contributed by atoms with E-state index in [2.05, 4.69) is 9.71 Å². The van der Waals surface area contributed by atoms with Gasteiger partial charge in [0.15, 0.2) is 0 Å². The zero-order valence-corrected chi connectivity index (χ0v) is 19.3. The molecule has 0 saturated carbocycles. The van der Waals surface area contributed by atoms with Crippen molar-refractivity contribution in [1.82, 2.24) is 4.98 Å². The number of benzene rings is 3. The zero-order chi connectivity index (χ0) is 23.3. The first-order chi connectivity index (χ1) is 15.9. The van der Waals surface area contributed by atoms with E-state index in [-0.39, 0.29) is 18.2 Å². The van der Waals surface area contributed by atoms with Crippen LogP contribution in [0.1, 0.15) is 0 Å². The molecule has 0 amide bonds. The van der Waals surface area contributed by atoms with Gasteiger partial charge in [-0.25, -0.2) is 17.8 Å². The molecule has 0 saturated heterocycles. The van der Waals surface area contributed by atoms with Crippen LogP contribution in [0.25, 0.3) is 21.8 Å². The van der Waals surface area contributed by atoms with E-state index in [1.165, 1.54) is 17.4 Å². The highest BCUT2D eigenvalue weighted by atomic mass is 32.2. The third-order valence-electron chi connectivity index (χ3n) is 4.76. The molecule has 0 spiro atoms. The Kier molecular flexibility index (Phi) is 6.90. The number of ether oxygens (including phenoxy) is 2. The molecule has 0 bridgehead atoms. The van der Waals surface area contributed by atoms with Gasteiger partial charge in [0.05, 0.1) is 18.5 Å². The van der Waals surface area contributed by atoms with Crippen molar-refractivity contribution in [3.8, 4) is 33.3 Å². The van der Waals surface area contributed by atoms with Crippen LogP contribution >= 0.6 is 11.3 Å². The van der Waals surface area contributed by atoms with Crippen molar-refractivity contribution < 1.29 is 22.3 Å². The number of nitrogens with one attached hydrogen (secondary N) is 1. The van der Waals surface area contributed by atoms with Gasteiger partial charge in [-0.05, 0) is 42.5 Å². The molecule has 0 fully saturated rings. The van der Waals surface area contributed by atoms with Crippen molar-refractivity contribution >= 4 is 27.0 Å². The van der Waals surface area contributed by atoms with Gasteiger partial charge < -0.3 is 9.47 Å². The van der Waals surface area contributed by atoms with Crippen LogP contribution < -0.4 is 14.2 Å². The summed E-state index contributed by atoms with van der Waals surface area (Å²) >= 11 is 1.30. The largest absolute Gasteiger partial charge is 0.497 e. The quantitative estimate of drug-likeness (QED) is 0.342. The Labute approximate surface area is 195 Å². The van der Waals surface area contributed by atoms with Gasteiger partial charge in [0.2, 0.25) is 10.0 Å². The van der Waals surface area contributed by atoms with Crippen molar-refractivity contribution in [2.45, 2.75) is 0 Å². The van der Waals surface area contributed by atoms with E-state index >= 15 is 0 Å². The number of anilines is 1. The number of hydrogen-bond donors (Lipinski definition) is 1. The molecule has 0 aliphatic rings. The van der Waals surface area contributed by atoms with Crippen LogP contribution in [0, 0.1) is 5.82 Å². The second kappa shape index (κ2) is 10.0. The minimum atomic E-state index is -3.68. The smallest absolute Gasteiger partial charge is 0.236 e. The molecule has 4 rings (SSSR count). The summed E-state index contributed by atoms with van der Waals surface area (Å²) in [7, 11) is -2.12. The van der Waals surface area contributed by atoms with Crippen LogP contribution in [0.2, 0.25) is 0 Å². The van der Waals surface area contributed by atoms with Crippen LogP contribution in [0.15, 0.2) is 78.2 Å². The molecule has 170 valence electrons. The number of aromatic nitrogens is 1. The zero-order valence-electron chi connectivity index (χ0n) is 17.7. The van der Waals surface area contributed by atoms with E-state index < -0.39 is 10.0 Å². The van der Waals surface area contributed by atoms with E-state index in [0.29, 0.717) is 39.0 Å². The topological polar surface area (TPSA) is 77.5 Å². The van der Waals surface area contributed by atoms with Crippen molar-refractivity contribution in [1.29, 1.82) is 0 Å². The molecule has 1 heterocycles. The minimum Gasteiger partial charge on any atom is -0.497 e. The maximum Gasteiger partial charge on any atom is 0.236 e. The molecule has 0 atom stereocenters. The first-order valence-corrected chi connectivity index (χ1v) is 12.6. The van der Waals surface area contributed by atoms with Gasteiger partial charge in [-0.1, -0.05) is 30.3 Å². The predicted molar refractivity (Wildman–Crippen MR) is 129 cm³/mol. The van der Waals surface area contributed by atoms with Crippen molar-refractivity contribution in [2.75, 3.05) is 24.2 Å². The molecular formula is C24H21FN2O4S2. The molecule has 3 aromatic carbocycles. The van der Waals surface area contributed by atoms with E-state index in [0.717, 1.165) is 0 Å². The fourth-order valence-corrected chi connectivity index (χ4v) is 4.88. The summed E-state index contributed by atoms with van der Waals surface area (Å²) in [5.74, 6) is 0.650. The molecule has 0 unspecified atom stereocenters. The van der Waals surface area contributed by atoms with Crippen LogP contribution in [-0.4, -0.2) is 32.9 Å². The summed E-state index contributed by atoms with van der Waals surface area (Å²) < 4.78 is 52.7. The Hall–Kier alpha value is -3.43. The number of nitrogens with zero attached hydrogens (tertiary/aromatic N) is 1. The number of para-hydroxylation sites is 1. The van der Waals surface area contributed by atoms with Crippen molar-refractivity contribution in [3.63, 3.8) is 0 Å². The van der Waals surface area contributed by atoms with Crippen molar-refractivity contribution in [2.24, 2.45) is 0 Å². The molecule has 1 aromatic heterocycles. The van der Waals surface area contributed by atoms with E-state index in [4.69, 9.17) is 9.47 Å². The van der Waals surface area contributed by atoms with Gasteiger partial charge >= 0.3 is 0 Å². The van der Waals surface area contributed by atoms with Crippen LogP contribution in [-0.2, 0) is 10.0 Å². The average Bonchev–Trinajstić information content (AvgIpc) is 3.29. The van der Waals surface area contributed by atoms with E-state index in [9.17, 15) is 12.8 Å². The van der Waals surface area contributed by atoms with Gasteiger partial charge in [0, 0.05) is 16.5 Å². The van der Waals surface area contributed by atoms with Gasteiger partial charge in [0.25, 0.3) is 0 Å². The monoisotopic (exact) mass is 484 g/mol. The number of thiazole rings is 1. The van der Waals surface area contributed by atoms with E-state index in [1.54, 1.807) is 79.2 Å². The second-order valence-corrected chi connectivity index (χ2v) is 9.71. The molecular weight excluding hydrogens is 463 g/mol. The van der Waals surface area contributed by atoms with Crippen LogP contribution in [0.5, 0.6) is 11.5 Å². The minimum absolute atomic E-state index is 0.0159. The lowest BCUT2D eigenvalue weighted by Gasteiger charge is -2.12. The van der Waals surface area contributed by atoms with Gasteiger partial charge in [-0.15, -0.1) is 11.3 Å². The highest BCUT2D eigenvalue weighted by Gasteiger charge is 2.17. The lowest BCUT2D eigenvalue weighted by Crippen LogP contribution is -2.21. The normalized spacial score (nSPS) is 11.2. The average molecular weight is 485 g/mol. The lowest BCUT2D eigenvalue weighted by molar-refractivity contribution is 0.340. The predicted octanol–water partition coefficient (Wildman–Crippen LogP) is 5.45. The highest BCUT2D eigenvalue weighted by Crippen LogP contribution is 2.34. The van der Waals surface area contributed by atoms with Gasteiger partial charge in [0.1, 0.15) is 34.7 Å². The maximum absolute atomic E-state index is 14.1. The third-order valence-corrected chi connectivity index (χ3v) is 6.87. The highest BCUT2D eigenvalue weighted by molar-refractivity contribution is 7.92. The fraction of sp³-hybridized carbons (Fsp3) is 0.125. The molecule has 9 heteroatoms. The molecule has 4 aromatic rings. The molecule has 0 radical (unpaired) electrons. The molecule has 0 aliphatic carbocycles. The fourth-order valence-electron chi connectivity index (χ4n) is 3.11. The van der Waals surface area contributed by atoms with Gasteiger partial charge in [-0.3, -0.25) is 4.72 Å². The van der Waals surface area contributed by atoms with Crippen LogP contribution in [0.3, 0.4) is 0 Å². The Morgan fingerprint density at radius 3 is 2.33 bits per heavy atom. The Balaban J connectivity index is 1.46. The summed E-state index contributed by atoms with van der Waals surface area (Å²) in [5, 5.41) is 2.30. The Morgan fingerprint density at radius 1 is 0.939 bits per heavy atom. The number of rotatable bonds is 9. The molecule has 33 heavy (non-hydrogen) atoms. The number of methoxy groups -OCH3 is 1. The summed E-state index contributed by atoms with van der Waals surface area (Å²) in [6, 6.07) is 20.3. The first kappa shape index (κ1) is 22.8. The summed E-state index contributed by atoms with van der Waals surface area (Å²) in [5.41, 5.74) is 1.97. The number of sulfonamides is 1. The molecule has 0 aliphatic heterocycles. The second-order valence-electron chi connectivity index (χ2n) is 7.01. The Morgan fingerprint density at radius 2 is 1.61 bits per heavy atom. The molecule has 1 N–H and O–H groups in total. The SMILES string of the molecule is COc1ccc(OCCS(=O)(=O)Nc2ccccc2-c2csc(-c3ccccc3F)n2)cc1. The summed E-state index contributed by atoms with van der Waals surface area (Å²) in [6.45, 7) is -0.0159. The standard InChI is InChI=1S/C24H21FN2O4S2/c1-30-17-10-12-18(13-11-17)31-14-15-33(28,29)27-22-9-5-3-7-20(22)23-16-32-24(26-23)19-6-2-4-8-21(19)25/h2-13,16,27H,14-15H2,1H3. The maximum atomic E-state index is 14.1. The van der Waals surface area contributed by atoms with Crippen LogP contribution in [0.4, 0.5) is 10.1 Å². The third kappa shape index (κ3) is 5.68. The summed E-state index contributed by atoms with van der Waals surface area (Å²) in [4.78, 5) is 4.53. The first-order valence-electron chi connectivity index (χ1n) is 10.0. The number of halogens is 1. The summed E-state index contributed by atoms with van der Waals surface area (Å²) in [6.07, 6.45) is 0. The Bertz CT molecular complexity index is 1340. The van der Waals surface area contributed by atoms with Gasteiger partial charge in [-0.2, -0.15) is 0 Å². The van der Waals surface area contributed by atoms with Crippen molar-refractivity contribution in [3.05, 3.63) is 84.0 Å². The number of hydrogen-bond acceptors (Lipinski definition) is 6. The van der Waals surface area contributed by atoms with E-state index in [1.807, 2.05) is 0 Å². The molecule has 6 nitrogen and oxygen atoms in total. The lowest BCUT2D eigenvalue weighted by atomic mass is 10.1.